The summed E-state index contributed by atoms with van der Waals surface area (Å²) in [5, 5.41) is 8.12. The summed E-state index contributed by atoms with van der Waals surface area (Å²) >= 11 is 0. The molecule has 1 aromatic heterocycles. The molecule has 2 heterocycles. The van der Waals surface area contributed by atoms with E-state index in [-0.39, 0.29) is 18.0 Å². The van der Waals surface area contributed by atoms with Gasteiger partial charge in [0, 0.05) is 24.8 Å². The van der Waals surface area contributed by atoms with Crippen molar-refractivity contribution >= 4 is 28.4 Å². The lowest BCUT2D eigenvalue weighted by Gasteiger charge is -2.32. The van der Waals surface area contributed by atoms with E-state index in [0.717, 1.165) is 29.3 Å². The Hall–Kier alpha value is -3.28. The Bertz CT molecular complexity index is 944. The summed E-state index contributed by atoms with van der Waals surface area (Å²) in [5.74, 6) is -0.0252. The summed E-state index contributed by atoms with van der Waals surface area (Å²) in [6.07, 6.45) is 4.42. The molecule has 3 amide bonds. The van der Waals surface area contributed by atoms with E-state index in [9.17, 15) is 9.59 Å². The van der Waals surface area contributed by atoms with Crippen LogP contribution in [0.25, 0.3) is 10.8 Å². The zero-order valence-electron chi connectivity index (χ0n) is 14.9. The lowest BCUT2D eigenvalue weighted by molar-refractivity contribution is 0.0708. The van der Waals surface area contributed by atoms with E-state index in [4.69, 9.17) is 4.42 Å². The molecule has 2 aromatic carbocycles. The van der Waals surface area contributed by atoms with Gasteiger partial charge in [0.1, 0.15) is 6.26 Å². The minimum absolute atomic E-state index is 0.0252. The zero-order valence-corrected chi connectivity index (χ0v) is 14.9. The maximum absolute atomic E-state index is 12.3. The Kier molecular flexibility index (Phi) is 4.78. The normalized spacial score (nSPS) is 14.9. The highest BCUT2D eigenvalue weighted by Gasteiger charge is 2.25. The number of anilines is 1. The van der Waals surface area contributed by atoms with E-state index in [1.807, 2.05) is 42.5 Å². The molecule has 27 heavy (non-hydrogen) atoms. The number of nitrogens with one attached hydrogen (secondary N) is 2. The van der Waals surface area contributed by atoms with Crippen LogP contribution in [-0.4, -0.2) is 36.0 Å². The third-order valence-corrected chi connectivity index (χ3v) is 4.89. The van der Waals surface area contributed by atoms with Crippen LogP contribution in [0.3, 0.4) is 0 Å². The van der Waals surface area contributed by atoms with Crippen LogP contribution in [0.2, 0.25) is 0 Å². The van der Waals surface area contributed by atoms with Crippen LogP contribution in [0, 0.1) is 0 Å². The van der Waals surface area contributed by atoms with Crippen LogP contribution in [0.4, 0.5) is 10.5 Å². The lowest BCUT2D eigenvalue weighted by Crippen LogP contribution is -2.47. The van der Waals surface area contributed by atoms with E-state index in [2.05, 4.69) is 10.6 Å². The molecule has 0 radical (unpaired) electrons. The highest BCUT2D eigenvalue weighted by atomic mass is 16.3. The third kappa shape index (κ3) is 3.95. The number of likely N-dealkylation sites (tertiary alicyclic amines) is 1. The lowest BCUT2D eigenvalue weighted by atomic mass is 10.0. The molecule has 1 fully saturated rings. The molecule has 0 aliphatic carbocycles. The molecule has 4 rings (SSSR count). The van der Waals surface area contributed by atoms with E-state index >= 15 is 0 Å². The van der Waals surface area contributed by atoms with Gasteiger partial charge in [-0.3, -0.25) is 4.79 Å². The van der Waals surface area contributed by atoms with Crippen molar-refractivity contribution in [2.45, 2.75) is 18.9 Å². The quantitative estimate of drug-likeness (QED) is 0.742. The number of hydrogen-bond acceptors (Lipinski definition) is 3. The van der Waals surface area contributed by atoms with Crippen molar-refractivity contribution in [1.29, 1.82) is 0 Å². The highest BCUT2D eigenvalue weighted by molar-refractivity contribution is 5.94. The monoisotopic (exact) mass is 363 g/mol. The fourth-order valence-corrected chi connectivity index (χ4v) is 3.42. The number of benzene rings is 2. The van der Waals surface area contributed by atoms with Gasteiger partial charge in [0.15, 0.2) is 0 Å². The van der Waals surface area contributed by atoms with Gasteiger partial charge in [0.25, 0.3) is 5.91 Å². The second-order valence-corrected chi connectivity index (χ2v) is 6.74. The van der Waals surface area contributed by atoms with Crippen molar-refractivity contribution in [3.8, 4) is 0 Å². The van der Waals surface area contributed by atoms with Crippen LogP contribution in [0.5, 0.6) is 0 Å². The first-order valence-corrected chi connectivity index (χ1v) is 9.07. The minimum Gasteiger partial charge on any atom is -0.472 e. The first-order valence-electron chi connectivity index (χ1n) is 9.07. The van der Waals surface area contributed by atoms with E-state index < -0.39 is 0 Å². The van der Waals surface area contributed by atoms with Gasteiger partial charge in [-0.15, -0.1) is 0 Å². The molecule has 3 aromatic rings. The van der Waals surface area contributed by atoms with E-state index in [1.54, 1.807) is 11.0 Å². The fraction of sp³-hybridized carbons (Fsp3) is 0.238. The number of carbonyl (C=O) groups is 2. The third-order valence-electron chi connectivity index (χ3n) is 4.89. The Morgan fingerprint density at radius 1 is 1.00 bits per heavy atom. The minimum atomic E-state index is -0.218. The van der Waals surface area contributed by atoms with Gasteiger partial charge in [0.05, 0.1) is 11.8 Å². The van der Waals surface area contributed by atoms with Crippen LogP contribution < -0.4 is 10.6 Å². The van der Waals surface area contributed by atoms with E-state index in [0.29, 0.717) is 18.7 Å². The molecular weight excluding hydrogens is 342 g/mol. The van der Waals surface area contributed by atoms with Gasteiger partial charge in [-0.25, -0.2) is 4.79 Å². The number of amides is 3. The van der Waals surface area contributed by atoms with Gasteiger partial charge in [-0.2, -0.15) is 0 Å². The van der Waals surface area contributed by atoms with Gasteiger partial charge in [-0.05, 0) is 41.8 Å². The zero-order chi connectivity index (χ0) is 18.6. The standard InChI is InChI=1S/C21H21N3O3/c25-20(17-9-12-27-14-17)24-10-7-18(8-11-24)22-21(26)23-19-6-5-15-3-1-2-4-16(15)13-19/h1-6,9,12-14,18H,7-8,10-11H2,(H2,22,23,26). The molecule has 0 saturated carbocycles. The van der Waals surface area contributed by atoms with Crippen molar-refractivity contribution in [2.75, 3.05) is 18.4 Å². The summed E-state index contributed by atoms with van der Waals surface area (Å²) < 4.78 is 4.97. The molecule has 0 spiro atoms. The van der Waals surface area contributed by atoms with E-state index in [1.165, 1.54) is 12.5 Å². The molecule has 1 aliphatic heterocycles. The number of urea groups is 1. The predicted octanol–water partition coefficient (Wildman–Crippen LogP) is 3.86. The summed E-state index contributed by atoms with van der Waals surface area (Å²) in [6.45, 7) is 1.23. The average molecular weight is 363 g/mol. The summed E-state index contributed by atoms with van der Waals surface area (Å²) in [5.41, 5.74) is 1.33. The first kappa shape index (κ1) is 17.1. The molecule has 6 heteroatoms. The topological polar surface area (TPSA) is 74.6 Å². The SMILES string of the molecule is O=C(Nc1ccc2ccccc2c1)NC1CCN(C(=O)c2ccoc2)CC1. The number of carbonyl (C=O) groups excluding carboxylic acids is 2. The number of hydrogen-bond donors (Lipinski definition) is 2. The molecule has 6 nitrogen and oxygen atoms in total. The number of piperidine rings is 1. The fourth-order valence-electron chi connectivity index (χ4n) is 3.42. The second kappa shape index (κ2) is 7.53. The molecule has 138 valence electrons. The van der Waals surface area contributed by atoms with Crippen molar-refractivity contribution in [3.63, 3.8) is 0 Å². The molecule has 0 atom stereocenters. The molecule has 2 N–H and O–H groups in total. The largest absolute Gasteiger partial charge is 0.472 e. The van der Waals surface area contributed by atoms with Crippen LogP contribution in [-0.2, 0) is 0 Å². The van der Waals surface area contributed by atoms with Gasteiger partial charge < -0.3 is 20.0 Å². The summed E-state index contributed by atoms with van der Waals surface area (Å²) in [7, 11) is 0. The Morgan fingerprint density at radius 3 is 2.52 bits per heavy atom. The molecule has 0 bridgehead atoms. The molecule has 0 unspecified atom stereocenters. The maximum Gasteiger partial charge on any atom is 0.319 e. The summed E-state index contributed by atoms with van der Waals surface area (Å²) in [4.78, 5) is 26.4. The van der Waals surface area contributed by atoms with Crippen molar-refractivity contribution < 1.29 is 14.0 Å². The highest BCUT2D eigenvalue weighted by Crippen LogP contribution is 2.19. The number of fused-ring (bicyclic) bond motifs is 1. The van der Waals surface area contributed by atoms with Crippen LogP contribution in [0.1, 0.15) is 23.2 Å². The molecule has 1 saturated heterocycles. The van der Waals surface area contributed by atoms with Crippen molar-refractivity contribution in [1.82, 2.24) is 10.2 Å². The van der Waals surface area contributed by atoms with Crippen LogP contribution in [0.15, 0.2) is 65.5 Å². The second-order valence-electron chi connectivity index (χ2n) is 6.74. The average Bonchev–Trinajstić information content (AvgIpc) is 3.23. The van der Waals surface area contributed by atoms with Gasteiger partial charge >= 0.3 is 6.03 Å². The van der Waals surface area contributed by atoms with Crippen molar-refractivity contribution in [3.05, 3.63) is 66.6 Å². The first-order chi connectivity index (χ1) is 13.2. The summed E-state index contributed by atoms with van der Waals surface area (Å²) in [6, 6.07) is 15.4. The Morgan fingerprint density at radius 2 is 1.78 bits per heavy atom. The number of furan rings is 1. The Labute approximate surface area is 157 Å². The smallest absolute Gasteiger partial charge is 0.319 e. The van der Waals surface area contributed by atoms with Gasteiger partial charge in [0.2, 0.25) is 0 Å². The predicted molar refractivity (Wildman–Crippen MR) is 104 cm³/mol. The maximum atomic E-state index is 12.3. The Balaban J connectivity index is 1.29. The molecular formula is C21H21N3O3. The van der Waals surface area contributed by atoms with Crippen LogP contribution >= 0.6 is 0 Å². The van der Waals surface area contributed by atoms with Crippen molar-refractivity contribution in [2.24, 2.45) is 0 Å². The molecule has 1 aliphatic rings. The number of rotatable bonds is 3. The van der Waals surface area contributed by atoms with Gasteiger partial charge in [-0.1, -0.05) is 30.3 Å². The number of nitrogens with zero attached hydrogens (tertiary/aromatic N) is 1.